The van der Waals surface area contributed by atoms with Crippen molar-refractivity contribution in [3.63, 3.8) is 0 Å². The number of aryl methyl sites for hydroxylation is 1. The van der Waals surface area contributed by atoms with Crippen LogP contribution in [0.4, 0.5) is 14.5 Å². The number of pyridine rings is 1. The number of fused-ring (bicyclic) bond motifs is 1. The first-order valence-electron chi connectivity index (χ1n) is 8.79. The first-order chi connectivity index (χ1) is 13.8. The second-order valence-electron chi connectivity index (χ2n) is 6.81. The van der Waals surface area contributed by atoms with E-state index in [1.807, 2.05) is 35.9 Å². The molecular weight excluding hydrogens is 396 g/mol. The Morgan fingerprint density at radius 1 is 1.00 bits per heavy atom. The monoisotopic (exact) mass is 413 g/mol. The van der Waals surface area contributed by atoms with Crippen LogP contribution in [0.5, 0.6) is 0 Å². The maximum Gasteiger partial charge on any atom is 0.236 e. The van der Waals surface area contributed by atoms with Crippen molar-refractivity contribution in [3.05, 3.63) is 89.8 Å². The Kier molecular flexibility index (Phi) is 4.79. The summed E-state index contributed by atoms with van der Waals surface area (Å²) in [7, 11) is -3.83. The van der Waals surface area contributed by atoms with Gasteiger partial charge in [0.25, 0.3) is 0 Å². The Hall–Kier alpha value is -3.26. The van der Waals surface area contributed by atoms with Gasteiger partial charge in [-0.3, -0.25) is 4.72 Å². The van der Waals surface area contributed by atoms with Gasteiger partial charge < -0.3 is 4.40 Å². The topological polar surface area (TPSA) is 63.5 Å². The van der Waals surface area contributed by atoms with Crippen molar-refractivity contribution in [3.8, 4) is 11.3 Å². The van der Waals surface area contributed by atoms with E-state index in [0.29, 0.717) is 11.8 Å². The van der Waals surface area contributed by atoms with Crippen LogP contribution in [0, 0.1) is 18.6 Å². The number of imidazole rings is 1. The summed E-state index contributed by atoms with van der Waals surface area (Å²) in [6, 6.07) is 13.4. The Morgan fingerprint density at radius 3 is 2.38 bits per heavy atom. The van der Waals surface area contributed by atoms with E-state index in [9.17, 15) is 17.2 Å². The van der Waals surface area contributed by atoms with E-state index in [1.54, 1.807) is 24.3 Å². The van der Waals surface area contributed by atoms with E-state index in [-0.39, 0.29) is 5.56 Å². The molecule has 29 heavy (non-hydrogen) atoms. The molecule has 148 valence electrons. The van der Waals surface area contributed by atoms with Crippen molar-refractivity contribution in [2.75, 3.05) is 4.72 Å². The van der Waals surface area contributed by atoms with Crippen LogP contribution in [-0.4, -0.2) is 17.8 Å². The SMILES string of the molecule is Cc1ccn2cc(-c3ccc(NS(=O)(=O)Cc4cc(F)cc(F)c4)cc3)nc2c1. The third-order valence-corrected chi connectivity index (χ3v) is 5.61. The Bertz CT molecular complexity index is 1280. The van der Waals surface area contributed by atoms with Crippen LogP contribution in [0.15, 0.2) is 67.0 Å². The van der Waals surface area contributed by atoms with Crippen molar-refractivity contribution < 1.29 is 17.2 Å². The molecule has 4 aromatic rings. The summed E-state index contributed by atoms with van der Waals surface area (Å²) in [5, 5.41) is 0. The highest BCUT2D eigenvalue weighted by Crippen LogP contribution is 2.23. The van der Waals surface area contributed by atoms with Gasteiger partial charge in [0, 0.05) is 29.7 Å². The van der Waals surface area contributed by atoms with Crippen molar-refractivity contribution >= 4 is 21.4 Å². The summed E-state index contributed by atoms with van der Waals surface area (Å²) in [5.41, 5.74) is 3.92. The molecule has 2 aromatic carbocycles. The van der Waals surface area contributed by atoms with E-state index in [2.05, 4.69) is 9.71 Å². The molecule has 0 unspecified atom stereocenters. The number of nitrogens with zero attached hydrogens (tertiary/aromatic N) is 2. The predicted octanol–water partition coefficient (Wildman–Crippen LogP) is 4.53. The van der Waals surface area contributed by atoms with Gasteiger partial charge in [0.15, 0.2) is 0 Å². The third-order valence-electron chi connectivity index (χ3n) is 4.35. The lowest BCUT2D eigenvalue weighted by atomic mass is 10.1. The van der Waals surface area contributed by atoms with Gasteiger partial charge in [-0.05, 0) is 54.4 Å². The van der Waals surface area contributed by atoms with Crippen molar-refractivity contribution in [2.24, 2.45) is 0 Å². The van der Waals surface area contributed by atoms with Crippen molar-refractivity contribution in [1.29, 1.82) is 0 Å². The van der Waals surface area contributed by atoms with Crippen LogP contribution in [0.25, 0.3) is 16.9 Å². The molecule has 1 N–H and O–H groups in total. The molecule has 0 aliphatic carbocycles. The number of benzene rings is 2. The number of rotatable bonds is 5. The fourth-order valence-electron chi connectivity index (χ4n) is 3.06. The van der Waals surface area contributed by atoms with E-state index in [0.717, 1.165) is 34.6 Å². The van der Waals surface area contributed by atoms with E-state index < -0.39 is 27.4 Å². The fourth-order valence-corrected chi connectivity index (χ4v) is 4.23. The van der Waals surface area contributed by atoms with Gasteiger partial charge >= 0.3 is 0 Å². The van der Waals surface area contributed by atoms with E-state index in [1.165, 1.54) is 0 Å². The van der Waals surface area contributed by atoms with Gasteiger partial charge in [-0.25, -0.2) is 22.2 Å². The second kappa shape index (κ2) is 7.29. The molecule has 2 heterocycles. The van der Waals surface area contributed by atoms with Crippen LogP contribution in [0.3, 0.4) is 0 Å². The number of aromatic nitrogens is 2. The molecular formula is C21H17F2N3O2S. The zero-order valence-electron chi connectivity index (χ0n) is 15.4. The Balaban J connectivity index is 1.52. The molecule has 4 rings (SSSR count). The molecule has 0 saturated heterocycles. The summed E-state index contributed by atoms with van der Waals surface area (Å²) in [6.45, 7) is 1.99. The molecule has 0 atom stereocenters. The van der Waals surface area contributed by atoms with Crippen LogP contribution in [0.1, 0.15) is 11.1 Å². The van der Waals surface area contributed by atoms with Crippen LogP contribution in [-0.2, 0) is 15.8 Å². The molecule has 0 aliphatic rings. The minimum absolute atomic E-state index is 0.0339. The largest absolute Gasteiger partial charge is 0.306 e. The number of hydrogen-bond donors (Lipinski definition) is 1. The molecule has 5 nitrogen and oxygen atoms in total. The molecule has 0 saturated carbocycles. The van der Waals surface area contributed by atoms with Crippen LogP contribution in [0.2, 0.25) is 0 Å². The van der Waals surface area contributed by atoms with Crippen LogP contribution < -0.4 is 4.72 Å². The van der Waals surface area contributed by atoms with Crippen LogP contribution >= 0.6 is 0 Å². The summed E-state index contributed by atoms with van der Waals surface area (Å²) in [5.74, 6) is -2.17. The Labute approximate surface area is 166 Å². The van der Waals surface area contributed by atoms with E-state index >= 15 is 0 Å². The average Bonchev–Trinajstić information content (AvgIpc) is 3.03. The van der Waals surface area contributed by atoms with Gasteiger partial charge in [-0.2, -0.15) is 0 Å². The Morgan fingerprint density at radius 2 is 1.69 bits per heavy atom. The molecule has 8 heteroatoms. The predicted molar refractivity (Wildman–Crippen MR) is 108 cm³/mol. The lowest BCUT2D eigenvalue weighted by molar-refractivity contribution is 0.579. The summed E-state index contributed by atoms with van der Waals surface area (Å²) in [4.78, 5) is 4.57. The standard InChI is InChI=1S/C21H17F2N3O2S/c1-14-6-7-26-12-20(24-21(26)8-14)16-2-4-19(5-3-16)25-29(27,28)13-15-9-17(22)11-18(23)10-15/h2-12,25H,13H2,1H3. The van der Waals surface area contributed by atoms with Gasteiger partial charge in [0.05, 0.1) is 11.4 Å². The number of sulfonamides is 1. The first-order valence-corrected chi connectivity index (χ1v) is 10.4. The zero-order valence-corrected chi connectivity index (χ0v) is 16.2. The zero-order chi connectivity index (χ0) is 20.6. The van der Waals surface area contributed by atoms with Gasteiger partial charge in [0.2, 0.25) is 10.0 Å². The molecule has 0 fully saturated rings. The molecule has 0 amide bonds. The maximum absolute atomic E-state index is 13.3. The molecule has 2 aromatic heterocycles. The van der Waals surface area contributed by atoms with Crippen molar-refractivity contribution in [2.45, 2.75) is 12.7 Å². The first kappa shape index (κ1) is 19.1. The lowest BCUT2D eigenvalue weighted by Gasteiger charge is -2.09. The van der Waals surface area contributed by atoms with Gasteiger partial charge in [-0.1, -0.05) is 12.1 Å². The summed E-state index contributed by atoms with van der Waals surface area (Å²) < 4.78 is 55.5. The number of anilines is 1. The normalized spacial score (nSPS) is 11.7. The fraction of sp³-hybridized carbons (Fsp3) is 0.0952. The molecule has 0 bridgehead atoms. The highest BCUT2D eigenvalue weighted by Gasteiger charge is 2.14. The average molecular weight is 413 g/mol. The van der Waals surface area contributed by atoms with Gasteiger partial charge in [0.1, 0.15) is 17.3 Å². The highest BCUT2D eigenvalue weighted by atomic mass is 32.2. The smallest absolute Gasteiger partial charge is 0.236 e. The minimum atomic E-state index is -3.83. The summed E-state index contributed by atoms with van der Waals surface area (Å²) in [6.07, 6.45) is 3.82. The summed E-state index contributed by atoms with van der Waals surface area (Å²) >= 11 is 0. The van der Waals surface area contributed by atoms with Gasteiger partial charge in [-0.15, -0.1) is 0 Å². The highest BCUT2D eigenvalue weighted by molar-refractivity contribution is 7.91. The quantitative estimate of drug-likeness (QED) is 0.523. The number of hydrogen-bond acceptors (Lipinski definition) is 3. The van der Waals surface area contributed by atoms with E-state index in [4.69, 9.17) is 0 Å². The second-order valence-corrected chi connectivity index (χ2v) is 8.53. The maximum atomic E-state index is 13.3. The molecule has 0 aliphatic heterocycles. The third kappa shape index (κ3) is 4.43. The molecule has 0 radical (unpaired) electrons. The minimum Gasteiger partial charge on any atom is -0.306 e. The molecule has 0 spiro atoms. The lowest BCUT2D eigenvalue weighted by Crippen LogP contribution is -2.15. The van der Waals surface area contributed by atoms with Crippen molar-refractivity contribution in [1.82, 2.24) is 9.38 Å². The number of halogens is 2. The number of nitrogens with one attached hydrogen (secondary N) is 1.